The van der Waals surface area contributed by atoms with Crippen LogP contribution < -0.4 is 15.1 Å². The Hall–Kier alpha value is -3.00. The van der Waals surface area contributed by atoms with Gasteiger partial charge >= 0.3 is 0 Å². The molecule has 1 saturated heterocycles. The van der Waals surface area contributed by atoms with E-state index in [-0.39, 0.29) is 0 Å². The quantitative estimate of drug-likeness (QED) is 0.751. The molecule has 0 unspecified atom stereocenters. The third-order valence-electron chi connectivity index (χ3n) is 4.11. The van der Waals surface area contributed by atoms with E-state index in [0.717, 1.165) is 43.6 Å². The summed E-state index contributed by atoms with van der Waals surface area (Å²) < 4.78 is 0. The molecule has 0 saturated carbocycles. The Labute approximate surface area is 155 Å². The van der Waals surface area contributed by atoms with Crippen molar-refractivity contribution in [3.63, 3.8) is 0 Å². The van der Waals surface area contributed by atoms with E-state index < -0.39 is 0 Å². The summed E-state index contributed by atoms with van der Waals surface area (Å²) in [6.45, 7) is 3.26. The summed E-state index contributed by atoms with van der Waals surface area (Å²) in [6, 6.07) is 9.28. The zero-order chi connectivity index (χ0) is 17.8. The number of para-hydroxylation sites is 1. The van der Waals surface area contributed by atoms with Crippen LogP contribution >= 0.6 is 11.6 Å². The van der Waals surface area contributed by atoms with Crippen LogP contribution in [-0.2, 0) is 0 Å². The van der Waals surface area contributed by atoms with E-state index in [2.05, 4.69) is 40.3 Å². The van der Waals surface area contributed by atoms with Gasteiger partial charge in [0, 0.05) is 38.6 Å². The monoisotopic (exact) mass is 368 g/mol. The molecule has 1 aliphatic heterocycles. The highest BCUT2D eigenvalue weighted by Gasteiger charge is 2.20. The first-order chi connectivity index (χ1) is 12.8. The normalized spacial score (nSPS) is 14.3. The predicted molar refractivity (Wildman–Crippen MR) is 101 cm³/mol. The molecule has 3 aromatic rings. The molecular formula is C17H17ClN8. The second-order valence-electron chi connectivity index (χ2n) is 5.77. The van der Waals surface area contributed by atoms with Gasteiger partial charge in [-0.25, -0.2) is 9.97 Å². The molecule has 1 N–H and O–H groups in total. The standard InChI is InChI=1S/C17H17ClN8/c18-13-4-1-2-5-14(13)22-16-23-15(12-21-24-16)25-8-10-26(11-9-25)17-19-6-3-7-20-17/h1-7,12H,8-11H2,(H,22,23,24). The van der Waals surface area contributed by atoms with E-state index in [0.29, 0.717) is 11.0 Å². The molecule has 1 fully saturated rings. The molecule has 9 heteroatoms. The third kappa shape index (κ3) is 3.65. The van der Waals surface area contributed by atoms with Crippen molar-refractivity contribution in [1.82, 2.24) is 25.1 Å². The lowest BCUT2D eigenvalue weighted by atomic mass is 10.3. The van der Waals surface area contributed by atoms with Gasteiger partial charge < -0.3 is 15.1 Å². The molecule has 3 heterocycles. The Kier molecular flexibility index (Phi) is 4.74. The lowest BCUT2D eigenvalue weighted by molar-refractivity contribution is 0.632. The average molecular weight is 369 g/mol. The maximum absolute atomic E-state index is 6.17. The fourth-order valence-corrected chi connectivity index (χ4v) is 2.96. The maximum Gasteiger partial charge on any atom is 0.249 e. The fourth-order valence-electron chi connectivity index (χ4n) is 2.77. The molecule has 0 aliphatic carbocycles. The molecule has 1 aliphatic rings. The van der Waals surface area contributed by atoms with Gasteiger partial charge in [0.2, 0.25) is 11.9 Å². The van der Waals surface area contributed by atoms with Crippen LogP contribution in [0.25, 0.3) is 0 Å². The first kappa shape index (κ1) is 16.5. The molecule has 4 rings (SSSR count). The van der Waals surface area contributed by atoms with Crippen molar-refractivity contribution < 1.29 is 0 Å². The highest BCUT2D eigenvalue weighted by Crippen LogP contribution is 2.24. The molecule has 1 aromatic carbocycles. The summed E-state index contributed by atoms with van der Waals surface area (Å²) >= 11 is 6.17. The molecule has 0 amide bonds. The van der Waals surface area contributed by atoms with Gasteiger partial charge in [0.1, 0.15) is 0 Å². The Bertz CT molecular complexity index is 867. The fraction of sp³-hybridized carbons (Fsp3) is 0.235. The number of hydrogen-bond donors (Lipinski definition) is 1. The number of nitrogens with one attached hydrogen (secondary N) is 1. The molecule has 132 valence electrons. The first-order valence-electron chi connectivity index (χ1n) is 8.28. The minimum Gasteiger partial charge on any atom is -0.352 e. The zero-order valence-electron chi connectivity index (χ0n) is 14.0. The highest BCUT2D eigenvalue weighted by atomic mass is 35.5. The smallest absolute Gasteiger partial charge is 0.249 e. The maximum atomic E-state index is 6.17. The molecular weight excluding hydrogens is 352 g/mol. The first-order valence-corrected chi connectivity index (χ1v) is 8.65. The van der Waals surface area contributed by atoms with Crippen LogP contribution in [0.2, 0.25) is 5.02 Å². The predicted octanol–water partition coefficient (Wildman–Crippen LogP) is 2.39. The van der Waals surface area contributed by atoms with Gasteiger partial charge in [0.05, 0.1) is 16.9 Å². The van der Waals surface area contributed by atoms with Gasteiger partial charge in [0.15, 0.2) is 5.82 Å². The second kappa shape index (κ2) is 7.49. The van der Waals surface area contributed by atoms with Crippen molar-refractivity contribution in [3.05, 3.63) is 53.9 Å². The molecule has 0 bridgehead atoms. The van der Waals surface area contributed by atoms with Gasteiger partial charge in [-0.3, -0.25) is 0 Å². The number of piperazine rings is 1. The lowest BCUT2D eigenvalue weighted by Gasteiger charge is -2.35. The Morgan fingerprint density at radius 2 is 1.65 bits per heavy atom. The third-order valence-corrected chi connectivity index (χ3v) is 4.43. The van der Waals surface area contributed by atoms with Crippen molar-refractivity contribution in [2.24, 2.45) is 0 Å². The summed E-state index contributed by atoms with van der Waals surface area (Å²) in [4.78, 5) is 17.5. The summed E-state index contributed by atoms with van der Waals surface area (Å²) in [5.74, 6) is 1.96. The Morgan fingerprint density at radius 1 is 0.923 bits per heavy atom. The van der Waals surface area contributed by atoms with Crippen molar-refractivity contribution in [3.8, 4) is 0 Å². The topological polar surface area (TPSA) is 83.0 Å². The molecule has 0 radical (unpaired) electrons. The van der Waals surface area contributed by atoms with Crippen LogP contribution in [0.4, 0.5) is 23.4 Å². The van der Waals surface area contributed by atoms with Crippen molar-refractivity contribution in [2.45, 2.75) is 0 Å². The van der Waals surface area contributed by atoms with Crippen LogP contribution in [0.5, 0.6) is 0 Å². The average Bonchev–Trinajstić information content (AvgIpc) is 2.71. The van der Waals surface area contributed by atoms with Gasteiger partial charge in [-0.1, -0.05) is 23.7 Å². The van der Waals surface area contributed by atoms with Crippen LogP contribution in [0.1, 0.15) is 0 Å². The van der Waals surface area contributed by atoms with Crippen LogP contribution in [-0.4, -0.2) is 51.3 Å². The van der Waals surface area contributed by atoms with E-state index in [4.69, 9.17) is 11.6 Å². The summed E-state index contributed by atoms with van der Waals surface area (Å²) in [5, 5.41) is 11.8. The summed E-state index contributed by atoms with van der Waals surface area (Å²) in [5.41, 5.74) is 0.749. The van der Waals surface area contributed by atoms with E-state index in [1.54, 1.807) is 18.6 Å². The Balaban J connectivity index is 1.44. The number of nitrogens with zero attached hydrogens (tertiary/aromatic N) is 7. The van der Waals surface area contributed by atoms with E-state index >= 15 is 0 Å². The minimum absolute atomic E-state index is 0.421. The van der Waals surface area contributed by atoms with Gasteiger partial charge in [-0.15, -0.1) is 5.10 Å². The van der Waals surface area contributed by atoms with Crippen molar-refractivity contribution in [1.29, 1.82) is 0 Å². The van der Waals surface area contributed by atoms with Crippen LogP contribution in [0.15, 0.2) is 48.9 Å². The summed E-state index contributed by atoms with van der Waals surface area (Å²) in [7, 11) is 0. The molecule has 26 heavy (non-hydrogen) atoms. The largest absolute Gasteiger partial charge is 0.352 e. The van der Waals surface area contributed by atoms with Crippen molar-refractivity contribution >= 4 is 35.0 Å². The molecule has 8 nitrogen and oxygen atoms in total. The number of halogens is 1. The van der Waals surface area contributed by atoms with Gasteiger partial charge in [-0.05, 0) is 18.2 Å². The molecule has 0 atom stereocenters. The van der Waals surface area contributed by atoms with Crippen LogP contribution in [0, 0.1) is 0 Å². The van der Waals surface area contributed by atoms with E-state index in [1.165, 1.54) is 0 Å². The van der Waals surface area contributed by atoms with Crippen LogP contribution in [0.3, 0.4) is 0 Å². The number of hydrogen-bond acceptors (Lipinski definition) is 8. The number of benzene rings is 1. The van der Waals surface area contributed by atoms with E-state index in [9.17, 15) is 0 Å². The van der Waals surface area contributed by atoms with E-state index in [1.807, 2.05) is 30.3 Å². The second-order valence-corrected chi connectivity index (χ2v) is 6.17. The molecule has 2 aromatic heterocycles. The van der Waals surface area contributed by atoms with Gasteiger partial charge in [0.25, 0.3) is 0 Å². The number of anilines is 4. The SMILES string of the molecule is Clc1ccccc1Nc1nncc(N2CCN(c3ncccn3)CC2)n1. The number of aromatic nitrogens is 5. The molecule has 0 spiro atoms. The number of rotatable bonds is 4. The summed E-state index contributed by atoms with van der Waals surface area (Å²) in [6.07, 6.45) is 5.19. The lowest BCUT2D eigenvalue weighted by Crippen LogP contribution is -2.47. The zero-order valence-corrected chi connectivity index (χ0v) is 14.7. The Morgan fingerprint density at radius 3 is 2.42 bits per heavy atom. The highest BCUT2D eigenvalue weighted by molar-refractivity contribution is 6.33. The minimum atomic E-state index is 0.421. The van der Waals surface area contributed by atoms with Gasteiger partial charge in [-0.2, -0.15) is 10.1 Å². The van der Waals surface area contributed by atoms with Crippen molar-refractivity contribution in [2.75, 3.05) is 41.3 Å².